The third-order valence-electron chi connectivity index (χ3n) is 4.04. The second-order valence-corrected chi connectivity index (χ2v) is 7.45. The Hall–Kier alpha value is -2.30. The van der Waals surface area contributed by atoms with Gasteiger partial charge < -0.3 is 10.1 Å². The number of H-pyrrole nitrogens is 1. The van der Waals surface area contributed by atoms with Crippen LogP contribution in [0.1, 0.15) is 69.1 Å². The summed E-state index contributed by atoms with van der Waals surface area (Å²) in [5, 5.41) is 10.1. The number of benzene rings is 1. The van der Waals surface area contributed by atoms with Crippen molar-refractivity contribution in [2.24, 2.45) is 0 Å². The van der Waals surface area contributed by atoms with Gasteiger partial charge >= 0.3 is 0 Å². The fourth-order valence-electron chi connectivity index (χ4n) is 2.78. The summed E-state index contributed by atoms with van der Waals surface area (Å²) in [7, 11) is 0. The van der Waals surface area contributed by atoms with E-state index in [0.29, 0.717) is 12.1 Å². The van der Waals surface area contributed by atoms with Gasteiger partial charge in [-0.1, -0.05) is 40.2 Å². The number of ether oxygens (including phenoxy) is 1. The van der Waals surface area contributed by atoms with Gasteiger partial charge in [0, 0.05) is 28.8 Å². The van der Waals surface area contributed by atoms with E-state index in [-0.39, 0.29) is 17.4 Å². The summed E-state index contributed by atoms with van der Waals surface area (Å²) < 4.78 is 5.86. The average Bonchev–Trinajstić information content (AvgIpc) is 3.02. The Morgan fingerprint density at radius 2 is 2.12 bits per heavy atom. The first kappa shape index (κ1) is 19.0. The van der Waals surface area contributed by atoms with Crippen molar-refractivity contribution < 1.29 is 9.53 Å². The Morgan fingerprint density at radius 3 is 2.80 bits per heavy atom. The van der Waals surface area contributed by atoms with Crippen LogP contribution in [0.2, 0.25) is 0 Å². The number of nitrogens with zero attached hydrogens (tertiary/aromatic N) is 1. The minimum absolute atomic E-state index is 0.0419. The minimum Gasteiger partial charge on any atom is -0.491 e. The quantitative estimate of drug-likeness (QED) is 0.791. The van der Waals surface area contributed by atoms with E-state index in [1.807, 2.05) is 19.1 Å². The van der Waals surface area contributed by atoms with Crippen LogP contribution < -0.4 is 10.1 Å². The molecule has 136 valence electrons. The Morgan fingerprint density at radius 1 is 1.36 bits per heavy atom. The molecule has 0 saturated heterocycles. The van der Waals surface area contributed by atoms with Crippen molar-refractivity contribution >= 4 is 5.91 Å². The van der Waals surface area contributed by atoms with E-state index in [9.17, 15) is 4.79 Å². The van der Waals surface area contributed by atoms with E-state index in [1.54, 1.807) is 18.3 Å². The van der Waals surface area contributed by atoms with Gasteiger partial charge in [-0.15, -0.1) is 0 Å². The molecule has 0 bridgehead atoms. The Bertz CT molecular complexity index is 701. The number of hydrogen-bond donors (Lipinski definition) is 2. The lowest BCUT2D eigenvalue weighted by molar-refractivity contribution is 0.0949. The molecule has 1 atom stereocenters. The van der Waals surface area contributed by atoms with E-state index in [2.05, 4.69) is 43.2 Å². The maximum Gasteiger partial charge on any atom is 0.251 e. The van der Waals surface area contributed by atoms with Crippen LogP contribution in [0.15, 0.2) is 30.5 Å². The molecule has 0 fully saturated rings. The number of hydrogen-bond acceptors (Lipinski definition) is 3. The number of aromatic nitrogens is 2. The van der Waals surface area contributed by atoms with Crippen LogP contribution in [0.5, 0.6) is 5.75 Å². The molecule has 2 N–H and O–H groups in total. The fraction of sp³-hybridized carbons (Fsp3) is 0.500. The normalized spacial score (nSPS) is 12.7. The average molecular weight is 343 g/mol. The maximum absolute atomic E-state index is 12.5. The van der Waals surface area contributed by atoms with Gasteiger partial charge in [0.15, 0.2) is 0 Å². The predicted octanol–water partition coefficient (Wildman–Crippen LogP) is 4.20. The summed E-state index contributed by atoms with van der Waals surface area (Å²) in [6.07, 6.45) is 3.98. The summed E-state index contributed by atoms with van der Waals surface area (Å²) in [4.78, 5) is 12.5. The van der Waals surface area contributed by atoms with Crippen LogP contribution in [0.3, 0.4) is 0 Å². The molecular formula is C20H29N3O2. The van der Waals surface area contributed by atoms with Gasteiger partial charge in [0.2, 0.25) is 0 Å². The van der Waals surface area contributed by atoms with Gasteiger partial charge in [0.05, 0.1) is 12.3 Å². The zero-order chi connectivity index (χ0) is 18.4. The molecule has 1 unspecified atom stereocenters. The molecule has 0 saturated carbocycles. The number of carbonyl (C=O) groups excluding carboxylic acids is 1. The van der Waals surface area contributed by atoms with Gasteiger partial charge in [0.25, 0.3) is 5.91 Å². The number of rotatable bonds is 7. The lowest BCUT2D eigenvalue weighted by Crippen LogP contribution is -2.25. The second kappa shape index (κ2) is 8.19. The monoisotopic (exact) mass is 343 g/mol. The number of aromatic amines is 1. The van der Waals surface area contributed by atoms with E-state index >= 15 is 0 Å². The number of carbonyl (C=O) groups is 1. The van der Waals surface area contributed by atoms with Crippen molar-refractivity contribution in [1.82, 2.24) is 15.5 Å². The Kier molecular flexibility index (Phi) is 6.23. The molecule has 1 aromatic heterocycles. The lowest BCUT2D eigenvalue weighted by Gasteiger charge is -2.18. The molecule has 2 aromatic rings. The number of nitrogens with one attached hydrogen (secondary N) is 2. The van der Waals surface area contributed by atoms with Crippen LogP contribution in [-0.2, 0) is 12.0 Å². The van der Waals surface area contributed by atoms with Crippen LogP contribution in [0, 0.1) is 0 Å². The summed E-state index contributed by atoms with van der Waals surface area (Å²) >= 11 is 0. The standard InChI is InChI=1S/C20H29N3O2/c1-6-8-14(2)25-17-10-7-9-15(11-17)19(24)21-12-16-13-22-23-18(16)20(3,4)5/h7,9-11,13-14H,6,8,12H2,1-5H3,(H,21,24)(H,22,23). The third-order valence-corrected chi connectivity index (χ3v) is 4.04. The van der Waals surface area contributed by atoms with Gasteiger partial charge in [-0.2, -0.15) is 5.10 Å². The van der Waals surface area contributed by atoms with Crippen molar-refractivity contribution in [3.8, 4) is 5.75 Å². The van der Waals surface area contributed by atoms with Crippen LogP contribution >= 0.6 is 0 Å². The van der Waals surface area contributed by atoms with Crippen molar-refractivity contribution in [2.45, 2.75) is 65.5 Å². The highest BCUT2D eigenvalue weighted by Gasteiger charge is 2.20. The largest absolute Gasteiger partial charge is 0.491 e. The molecule has 2 rings (SSSR count). The molecule has 25 heavy (non-hydrogen) atoms. The number of amides is 1. The zero-order valence-electron chi connectivity index (χ0n) is 15.8. The van der Waals surface area contributed by atoms with Crippen LogP contribution in [-0.4, -0.2) is 22.2 Å². The first-order chi connectivity index (χ1) is 11.8. The molecule has 0 aliphatic carbocycles. The van der Waals surface area contributed by atoms with Crippen molar-refractivity contribution in [3.05, 3.63) is 47.3 Å². The molecule has 0 radical (unpaired) electrons. The SMILES string of the molecule is CCCC(C)Oc1cccc(C(=O)NCc2cn[nH]c2C(C)(C)C)c1. The second-order valence-electron chi connectivity index (χ2n) is 7.45. The maximum atomic E-state index is 12.5. The van der Waals surface area contributed by atoms with E-state index in [1.165, 1.54) is 0 Å². The zero-order valence-corrected chi connectivity index (χ0v) is 15.8. The third kappa shape index (κ3) is 5.34. The molecule has 5 nitrogen and oxygen atoms in total. The van der Waals surface area contributed by atoms with E-state index in [4.69, 9.17) is 4.74 Å². The van der Waals surface area contributed by atoms with Gasteiger partial charge in [-0.3, -0.25) is 9.89 Å². The molecule has 0 spiro atoms. The molecule has 0 aliphatic rings. The van der Waals surface area contributed by atoms with Crippen molar-refractivity contribution in [3.63, 3.8) is 0 Å². The highest BCUT2D eigenvalue weighted by molar-refractivity contribution is 5.94. The summed E-state index contributed by atoms with van der Waals surface area (Å²) in [5.41, 5.74) is 2.60. The molecule has 5 heteroatoms. The topological polar surface area (TPSA) is 67.0 Å². The Labute approximate surface area is 150 Å². The van der Waals surface area contributed by atoms with Gasteiger partial charge in [-0.05, 0) is 31.5 Å². The molecule has 1 amide bonds. The smallest absolute Gasteiger partial charge is 0.251 e. The predicted molar refractivity (Wildman–Crippen MR) is 99.9 cm³/mol. The highest BCUT2D eigenvalue weighted by atomic mass is 16.5. The minimum atomic E-state index is -0.116. The van der Waals surface area contributed by atoms with E-state index in [0.717, 1.165) is 29.8 Å². The Balaban J connectivity index is 2.01. The first-order valence-electron chi connectivity index (χ1n) is 8.89. The van der Waals surface area contributed by atoms with Crippen LogP contribution in [0.4, 0.5) is 0 Å². The summed E-state index contributed by atoms with van der Waals surface area (Å²) in [6, 6.07) is 7.33. The molecule has 1 aromatic carbocycles. The first-order valence-corrected chi connectivity index (χ1v) is 8.89. The highest BCUT2D eigenvalue weighted by Crippen LogP contribution is 2.23. The van der Waals surface area contributed by atoms with Crippen molar-refractivity contribution in [1.29, 1.82) is 0 Å². The van der Waals surface area contributed by atoms with E-state index < -0.39 is 0 Å². The summed E-state index contributed by atoms with van der Waals surface area (Å²) in [6.45, 7) is 11.0. The lowest BCUT2D eigenvalue weighted by atomic mass is 9.89. The van der Waals surface area contributed by atoms with Gasteiger partial charge in [0.1, 0.15) is 5.75 Å². The molecular weight excluding hydrogens is 314 g/mol. The fourth-order valence-corrected chi connectivity index (χ4v) is 2.78. The van der Waals surface area contributed by atoms with Crippen LogP contribution in [0.25, 0.3) is 0 Å². The molecule has 1 heterocycles. The summed E-state index contributed by atoms with van der Waals surface area (Å²) in [5.74, 6) is 0.613. The van der Waals surface area contributed by atoms with Gasteiger partial charge in [-0.25, -0.2) is 0 Å². The van der Waals surface area contributed by atoms with Crippen molar-refractivity contribution in [2.75, 3.05) is 0 Å². The molecule has 0 aliphatic heterocycles.